The number of hydrogen-bond acceptors (Lipinski definition) is 4. The van der Waals surface area contributed by atoms with Crippen molar-refractivity contribution in [2.45, 2.75) is 18.9 Å². The molecule has 1 aliphatic heterocycles. The van der Waals surface area contributed by atoms with Crippen LogP contribution in [0.1, 0.15) is 23.3 Å². The highest BCUT2D eigenvalue weighted by Gasteiger charge is 2.18. The molecule has 1 fully saturated rings. The van der Waals surface area contributed by atoms with Crippen LogP contribution in [0.15, 0.2) is 6.20 Å². The Hall–Kier alpha value is -1.43. The Labute approximate surface area is 81.0 Å². The molecule has 1 atom stereocenters. The van der Waals surface area contributed by atoms with Crippen molar-refractivity contribution < 1.29 is 9.53 Å². The standard InChI is InChI=1S/C8H12N4O2/c13-8(7-4-9-12-11-7)10-6-2-1-3-14-5-6/h4,6H,1-3,5H2,(H,10,13)(H,9,11,12). The molecule has 0 saturated carbocycles. The third kappa shape index (κ3) is 2.08. The third-order valence-corrected chi connectivity index (χ3v) is 2.14. The Morgan fingerprint density at radius 1 is 1.71 bits per heavy atom. The van der Waals surface area contributed by atoms with E-state index in [1.165, 1.54) is 6.20 Å². The lowest BCUT2D eigenvalue weighted by atomic mass is 10.1. The summed E-state index contributed by atoms with van der Waals surface area (Å²) in [4.78, 5) is 11.5. The predicted molar refractivity (Wildman–Crippen MR) is 47.7 cm³/mol. The first-order valence-corrected chi connectivity index (χ1v) is 4.60. The molecule has 2 N–H and O–H groups in total. The van der Waals surface area contributed by atoms with Crippen molar-refractivity contribution in [2.75, 3.05) is 13.2 Å². The van der Waals surface area contributed by atoms with Crippen molar-refractivity contribution >= 4 is 5.91 Å². The first kappa shape index (κ1) is 9.14. The first-order chi connectivity index (χ1) is 6.86. The van der Waals surface area contributed by atoms with Crippen LogP contribution in [0.2, 0.25) is 0 Å². The van der Waals surface area contributed by atoms with Gasteiger partial charge in [-0.25, -0.2) is 0 Å². The zero-order chi connectivity index (χ0) is 9.80. The highest BCUT2D eigenvalue weighted by Crippen LogP contribution is 2.06. The molecule has 6 heteroatoms. The van der Waals surface area contributed by atoms with Crippen molar-refractivity contribution in [3.8, 4) is 0 Å². The van der Waals surface area contributed by atoms with Gasteiger partial charge in [0.15, 0.2) is 5.69 Å². The Morgan fingerprint density at radius 3 is 3.29 bits per heavy atom. The van der Waals surface area contributed by atoms with E-state index in [1.807, 2.05) is 0 Å². The summed E-state index contributed by atoms with van der Waals surface area (Å²) in [5.41, 5.74) is 0.315. The lowest BCUT2D eigenvalue weighted by Gasteiger charge is -2.22. The molecule has 14 heavy (non-hydrogen) atoms. The number of carbonyl (C=O) groups is 1. The maximum atomic E-state index is 11.5. The molecule has 2 rings (SSSR count). The molecule has 0 aliphatic carbocycles. The minimum atomic E-state index is -0.200. The first-order valence-electron chi connectivity index (χ1n) is 4.60. The van der Waals surface area contributed by atoms with Crippen LogP contribution in [0.5, 0.6) is 0 Å². The topological polar surface area (TPSA) is 79.9 Å². The second kappa shape index (κ2) is 4.19. The average molecular weight is 196 g/mol. The minimum absolute atomic E-state index is 0.105. The zero-order valence-electron chi connectivity index (χ0n) is 7.69. The third-order valence-electron chi connectivity index (χ3n) is 2.14. The van der Waals surface area contributed by atoms with Gasteiger partial charge in [0.2, 0.25) is 0 Å². The molecule has 76 valence electrons. The van der Waals surface area contributed by atoms with E-state index in [0.29, 0.717) is 12.3 Å². The molecule has 0 aromatic carbocycles. The van der Waals surface area contributed by atoms with Gasteiger partial charge >= 0.3 is 0 Å². The van der Waals surface area contributed by atoms with E-state index in [2.05, 4.69) is 20.7 Å². The Balaban J connectivity index is 1.87. The molecule has 0 bridgehead atoms. The number of hydrogen-bond donors (Lipinski definition) is 2. The number of nitrogens with one attached hydrogen (secondary N) is 2. The fraction of sp³-hybridized carbons (Fsp3) is 0.625. The van der Waals surface area contributed by atoms with Crippen molar-refractivity contribution in [3.05, 3.63) is 11.9 Å². The number of rotatable bonds is 2. The molecule has 1 saturated heterocycles. The van der Waals surface area contributed by atoms with Crippen LogP contribution in [-0.2, 0) is 4.74 Å². The molecular weight excluding hydrogens is 184 g/mol. The second-order valence-electron chi connectivity index (χ2n) is 3.24. The summed E-state index contributed by atoms with van der Waals surface area (Å²) >= 11 is 0. The quantitative estimate of drug-likeness (QED) is 0.681. The number of ether oxygens (including phenoxy) is 1. The van der Waals surface area contributed by atoms with Gasteiger partial charge in [-0.2, -0.15) is 15.4 Å². The van der Waals surface area contributed by atoms with Crippen LogP contribution in [0.3, 0.4) is 0 Å². The highest BCUT2D eigenvalue weighted by atomic mass is 16.5. The van der Waals surface area contributed by atoms with Crippen molar-refractivity contribution in [2.24, 2.45) is 0 Å². The molecule has 6 nitrogen and oxygen atoms in total. The van der Waals surface area contributed by atoms with Gasteiger partial charge in [-0.05, 0) is 12.8 Å². The number of aromatic nitrogens is 3. The molecular formula is C8H12N4O2. The molecule has 1 aromatic rings. The molecule has 1 aliphatic rings. The molecule has 0 radical (unpaired) electrons. The van der Waals surface area contributed by atoms with Gasteiger partial charge in [0.25, 0.3) is 5.91 Å². The largest absolute Gasteiger partial charge is 0.379 e. The predicted octanol–water partition coefficient (Wildman–Crippen LogP) is -0.287. The summed E-state index contributed by atoms with van der Waals surface area (Å²) in [5.74, 6) is -0.200. The van der Waals surface area contributed by atoms with Crippen LogP contribution in [-0.4, -0.2) is 40.6 Å². The van der Waals surface area contributed by atoms with E-state index >= 15 is 0 Å². The Morgan fingerprint density at radius 2 is 2.64 bits per heavy atom. The SMILES string of the molecule is O=C(NC1CCCOC1)c1cn[nH]n1. The molecule has 0 spiro atoms. The smallest absolute Gasteiger partial charge is 0.273 e. The lowest BCUT2D eigenvalue weighted by Crippen LogP contribution is -2.40. The van der Waals surface area contributed by atoms with Gasteiger partial charge < -0.3 is 10.1 Å². The molecule has 1 amide bonds. The number of aromatic amines is 1. The maximum Gasteiger partial charge on any atom is 0.273 e. The molecule has 1 aromatic heterocycles. The summed E-state index contributed by atoms with van der Waals surface area (Å²) in [6.45, 7) is 1.37. The van der Waals surface area contributed by atoms with Gasteiger partial charge in [0.05, 0.1) is 18.8 Å². The monoisotopic (exact) mass is 196 g/mol. The van der Waals surface area contributed by atoms with Gasteiger partial charge in [0, 0.05) is 6.61 Å². The van der Waals surface area contributed by atoms with Crippen molar-refractivity contribution in [1.82, 2.24) is 20.7 Å². The number of nitrogens with zero attached hydrogens (tertiary/aromatic N) is 2. The zero-order valence-corrected chi connectivity index (χ0v) is 7.69. The van der Waals surface area contributed by atoms with E-state index in [4.69, 9.17) is 4.74 Å². The average Bonchev–Trinajstić information content (AvgIpc) is 2.72. The summed E-state index contributed by atoms with van der Waals surface area (Å²) in [7, 11) is 0. The maximum absolute atomic E-state index is 11.5. The van der Waals surface area contributed by atoms with Crippen LogP contribution < -0.4 is 5.32 Å². The van der Waals surface area contributed by atoms with Crippen molar-refractivity contribution in [1.29, 1.82) is 0 Å². The number of carbonyl (C=O) groups excluding carboxylic acids is 1. The van der Waals surface area contributed by atoms with E-state index in [1.54, 1.807) is 0 Å². The normalized spacial score (nSPS) is 21.9. The summed E-state index contributed by atoms with van der Waals surface area (Å²) < 4.78 is 5.24. The number of amides is 1. The van der Waals surface area contributed by atoms with E-state index in [9.17, 15) is 4.79 Å². The van der Waals surface area contributed by atoms with Crippen LogP contribution in [0.4, 0.5) is 0 Å². The van der Waals surface area contributed by atoms with Gasteiger partial charge in [-0.3, -0.25) is 4.79 Å². The van der Waals surface area contributed by atoms with Crippen LogP contribution >= 0.6 is 0 Å². The number of H-pyrrole nitrogens is 1. The molecule has 2 heterocycles. The van der Waals surface area contributed by atoms with E-state index < -0.39 is 0 Å². The molecule has 1 unspecified atom stereocenters. The van der Waals surface area contributed by atoms with Gasteiger partial charge in [-0.15, -0.1) is 0 Å². The van der Waals surface area contributed by atoms with E-state index in [-0.39, 0.29) is 11.9 Å². The lowest BCUT2D eigenvalue weighted by molar-refractivity contribution is 0.0622. The van der Waals surface area contributed by atoms with Crippen LogP contribution in [0, 0.1) is 0 Å². The van der Waals surface area contributed by atoms with Crippen molar-refractivity contribution in [3.63, 3.8) is 0 Å². The Kier molecular flexibility index (Phi) is 2.73. The highest BCUT2D eigenvalue weighted by molar-refractivity contribution is 5.91. The van der Waals surface area contributed by atoms with Gasteiger partial charge in [-0.1, -0.05) is 0 Å². The van der Waals surface area contributed by atoms with Gasteiger partial charge in [0.1, 0.15) is 0 Å². The summed E-state index contributed by atoms with van der Waals surface area (Å²) in [5, 5.41) is 12.5. The van der Waals surface area contributed by atoms with E-state index in [0.717, 1.165) is 19.4 Å². The fourth-order valence-electron chi connectivity index (χ4n) is 1.42. The minimum Gasteiger partial charge on any atom is -0.379 e. The Bertz CT molecular complexity index is 292. The summed E-state index contributed by atoms with van der Waals surface area (Å²) in [6.07, 6.45) is 3.35. The second-order valence-corrected chi connectivity index (χ2v) is 3.24. The van der Waals surface area contributed by atoms with Crippen LogP contribution in [0.25, 0.3) is 0 Å². The summed E-state index contributed by atoms with van der Waals surface area (Å²) in [6, 6.07) is 0.105. The fourth-order valence-corrected chi connectivity index (χ4v) is 1.42.